The Hall–Kier alpha value is -0.700. The van der Waals surface area contributed by atoms with Gasteiger partial charge < -0.3 is 0 Å². The van der Waals surface area contributed by atoms with Crippen molar-refractivity contribution in [1.29, 1.82) is 0 Å². The quantitative estimate of drug-likeness (QED) is 0.776. The van der Waals surface area contributed by atoms with Crippen LogP contribution in [0.15, 0.2) is 12.4 Å². The third-order valence-electron chi connectivity index (χ3n) is 2.92. The van der Waals surface area contributed by atoms with Crippen LogP contribution < -0.4 is 0 Å². The highest BCUT2D eigenvalue weighted by atomic mass is 35.5. The monoisotopic (exact) mass is 228 g/mol. The molecule has 1 aliphatic rings. The van der Waals surface area contributed by atoms with Crippen molar-refractivity contribution < 1.29 is 4.39 Å². The van der Waals surface area contributed by atoms with Gasteiger partial charge in [0, 0.05) is 6.42 Å². The molecule has 1 aliphatic carbocycles. The molecule has 0 N–H and O–H groups in total. The molecule has 0 aliphatic heterocycles. The minimum absolute atomic E-state index is 0.357. The molecule has 0 radical (unpaired) electrons. The summed E-state index contributed by atoms with van der Waals surface area (Å²) in [6, 6.07) is 0. The summed E-state index contributed by atoms with van der Waals surface area (Å²) < 4.78 is 14.3. The van der Waals surface area contributed by atoms with Gasteiger partial charge in [-0.25, -0.2) is 9.37 Å². The lowest BCUT2D eigenvalue weighted by molar-refractivity contribution is 0.106. The van der Waals surface area contributed by atoms with E-state index in [9.17, 15) is 4.39 Å². The fraction of sp³-hybridized carbons (Fsp3) is 0.636. The van der Waals surface area contributed by atoms with Crippen molar-refractivity contribution in [2.45, 2.75) is 44.2 Å². The van der Waals surface area contributed by atoms with Gasteiger partial charge in [-0.15, -0.1) is 0 Å². The van der Waals surface area contributed by atoms with Crippen molar-refractivity contribution in [3.05, 3.63) is 23.2 Å². The van der Waals surface area contributed by atoms with Gasteiger partial charge in [-0.05, 0) is 12.8 Å². The van der Waals surface area contributed by atoms with Crippen LogP contribution in [0, 0.1) is 0 Å². The van der Waals surface area contributed by atoms with Gasteiger partial charge in [0.15, 0.2) is 0 Å². The van der Waals surface area contributed by atoms with E-state index in [1.54, 1.807) is 6.20 Å². The second-order valence-electron chi connectivity index (χ2n) is 4.22. The second kappa shape index (κ2) is 4.44. The van der Waals surface area contributed by atoms with E-state index in [1.807, 2.05) is 0 Å². The molecule has 1 aromatic rings. The molecule has 82 valence electrons. The fourth-order valence-electron chi connectivity index (χ4n) is 2.12. The van der Waals surface area contributed by atoms with E-state index in [4.69, 9.17) is 11.6 Å². The average Bonchev–Trinajstić information content (AvgIpc) is 2.22. The predicted octanol–water partition coefficient (Wildman–Crippen LogP) is 3.34. The van der Waals surface area contributed by atoms with Crippen LogP contribution in [0.3, 0.4) is 0 Å². The van der Waals surface area contributed by atoms with Gasteiger partial charge in [0.1, 0.15) is 10.8 Å². The van der Waals surface area contributed by atoms with E-state index in [0.717, 1.165) is 19.3 Å². The highest BCUT2D eigenvalue weighted by Crippen LogP contribution is 2.34. The SMILES string of the molecule is FC1(Cc2cnc(Cl)cn2)CCCCC1. The third-order valence-corrected chi connectivity index (χ3v) is 3.12. The molecule has 0 bridgehead atoms. The maximum atomic E-state index is 14.3. The molecule has 2 nitrogen and oxygen atoms in total. The standard InChI is InChI=1S/C11H14ClFN2/c12-10-8-14-9(7-15-10)6-11(13)4-2-1-3-5-11/h7-8H,1-6H2. The molecule has 0 aromatic carbocycles. The number of nitrogens with zero attached hydrogens (tertiary/aromatic N) is 2. The fourth-order valence-corrected chi connectivity index (χ4v) is 2.21. The third kappa shape index (κ3) is 2.88. The van der Waals surface area contributed by atoms with Gasteiger partial charge >= 0.3 is 0 Å². The van der Waals surface area contributed by atoms with Gasteiger partial charge in [-0.2, -0.15) is 0 Å². The molecule has 0 amide bonds. The molecule has 0 saturated heterocycles. The van der Waals surface area contributed by atoms with Crippen LogP contribution in [0.5, 0.6) is 0 Å². The van der Waals surface area contributed by atoms with Crippen LogP contribution in [0.25, 0.3) is 0 Å². The summed E-state index contributed by atoms with van der Waals surface area (Å²) in [4.78, 5) is 8.00. The summed E-state index contributed by atoms with van der Waals surface area (Å²) in [5.41, 5.74) is -0.371. The molecular formula is C11H14ClFN2. The largest absolute Gasteiger partial charge is 0.256 e. The maximum absolute atomic E-state index is 14.3. The van der Waals surface area contributed by atoms with Gasteiger partial charge in [-0.3, -0.25) is 4.98 Å². The van der Waals surface area contributed by atoms with Crippen LogP contribution >= 0.6 is 11.6 Å². The zero-order valence-electron chi connectivity index (χ0n) is 8.55. The van der Waals surface area contributed by atoms with Crippen molar-refractivity contribution in [3.63, 3.8) is 0 Å². The number of rotatable bonds is 2. The second-order valence-corrected chi connectivity index (χ2v) is 4.61. The molecule has 1 aromatic heterocycles. The molecule has 1 heterocycles. The molecule has 1 fully saturated rings. The average molecular weight is 229 g/mol. The number of hydrogen-bond donors (Lipinski definition) is 0. The summed E-state index contributed by atoms with van der Waals surface area (Å²) in [6.45, 7) is 0. The van der Waals surface area contributed by atoms with E-state index in [2.05, 4.69) is 9.97 Å². The number of alkyl halides is 1. The molecule has 4 heteroatoms. The van der Waals surface area contributed by atoms with Gasteiger partial charge in [0.05, 0.1) is 18.1 Å². The molecule has 0 unspecified atom stereocenters. The first-order valence-electron chi connectivity index (χ1n) is 5.33. The first kappa shape index (κ1) is 10.8. The van der Waals surface area contributed by atoms with Crippen LogP contribution in [-0.2, 0) is 6.42 Å². The minimum Gasteiger partial charge on any atom is -0.256 e. The lowest BCUT2D eigenvalue weighted by atomic mass is 9.83. The molecule has 15 heavy (non-hydrogen) atoms. The Bertz CT molecular complexity index is 320. The number of halogens is 2. The highest BCUT2D eigenvalue weighted by molar-refractivity contribution is 6.29. The summed E-state index contributed by atoms with van der Waals surface area (Å²) in [5.74, 6) is 0. The van der Waals surface area contributed by atoms with E-state index in [1.165, 1.54) is 6.20 Å². The molecule has 0 spiro atoms. The smallest absolute Gasteiger partial charge is 0.147 e. The first-order chi connectivity index (χ1) is 7.18. The minimum atomic E-state index is -1.07. The topological polar surface area (TPSA) is 25.8 Å². The number of aromatic nitrogens is 2. The molecule has 1 saturated carbocycles. The van der Waals surface area contributed by atoms with Crippen molar-refractivity contribution in [1.82, 2.24) is 9.97 Å². The normalized spacial score (nSPS) is 20.1. The Morgan fingerprint density at radius 1 is 1.20 bits per heavy atom. The summed E-state index contributed by atoms with van der Waals surface area (Å²) in [6.07, 6.45) is 7.83. The van der Waals surface area contributed by atoms with Crippen molar-refractivity contribution >= 4 is 11.6 Å². The Balaban J connectivity index is 2.03. The van der Waals surface area contributed by atoms with Gasteiger partial charge in [-0.1, -0.05) is 30.9 Å². The summed E-state index contributed by atoms with van der Waals surface area (Å²) >= 11 is 5.62. The van der Waals surface area contributed by atoms with Crippen LogP contribution in [0.2, 0.25) is 5.15 Å². The highest BCUT2D eigenvalue weighted by Gasteiger charge is 2.32. The molecular weight excluding hydrogens is 215 g/mol. The Morgan fingerprint density at radius 3 is 2.53 bits per heavy atom. The van der Waals surface area contributed by atoms with E-state index >= 15 is 0 Å². The maximum Gasteiger partial charge on any atom is 0.147 e. The zero-order chi connectivity index (χ0) is 10.7. The van der Waals surface area contributed by atoms with Crippen molar-refractivity contribution in [2.75, 3.05) is 0 Å². The molecule has 0 atom stereocenters. The van der Waals surface area contributed by atoms with E-state index < -0.39 is 5.67 Å². The van der Waals surface area contributed by atoms with Crippen LogP contribution in [-0.4, -0.2) is 15.6 Å². The molecule has 2 rings (SSSR count). The van der Waals surface area contributed by atoms with Crippen LogP contribution in [0.1, 0.15) is 37.8 Å². The zero-order valence-corrected chi connectivity index (χ0v) is 9.30. The summed E-state index contributed by atoms with van der Waals surface area (Å²) in [5, 5.41) is 0.357. The Labute approximate surface area is 93.9 Å². The summed E-state index contributed by atoms with van der Waals surface area (Å²) in [7, 11) is 0. The van der Waals surface area contributed by atoms with Crippen molar-refractivity contribution in [3.8, 4) is 0 Å². The van der Waals surface area contributed by atoms with Gasteiger partial charge in [0.25, 0.3) is 0 Å². The first-order valence-corrected chi connectivity index (χ1v) is 5.71. The lowest BCUT2D eigenvalue weighted by Crippen LogP contribution is -2.29. The lowest BCUT2D eigenvalue weighted by Gasteiger charge is -2.28. The van der Waals surface area contributed by atoms with Crippen molar-refractivity contribution in [2.24, 2.45) is 0 Å². The van der Waals surface area contributed by atoms with Crippen LogP contribution in [0.4, 0.5) is 4.39 Å². The van der Waals surface area contributed by atoms with Gasteiger partial charge in [0.2, 0.25) is 0 Å². The van der Waals surface area contributed by atoms with E-state index in [0.29, 0.717) is 30.1 Å². The van der Waals surface area contributed by atoms with E-state index in [-0.39, 0.29) is 0 Å². The Kier molecular flexibility index (Phi) is 3.19. The predicted molar refractivity (Wildman–Crippen MR) is 57.7 cm³/mol. The Morgan fingerprint density at radius 2 is 1.93 bits per heavy atom. The number of hydrogen-bond acceptors (Lipinski definition) is 2.